The molecule has 2 aromatic heterocycles. The molecule has 0 bridgehead atoms. The Kier molecular flexibility index (Phi) is 12.9. The van der Waals surface area contributed by atoms with Crippen molar-refractivity contribution in [3.63, 3.8) is 0 Å². The van der Waals surface area contributed by atoms with E-state index >= 15 is 0 Å². The molecule has 0 amide bonds. The van der Waals surface area contributed by atoms with Crippen LogP contribution in [0.4, 0.5) is 0 Å². The number of aliphatic hydroxyl groups excluding tert-OH is 1. The van der Waals surface area contributed by atoms with Gasteiger partial charge < -0.3 is 14.5 Å². The Bertz CT molecular complexity index is 1990. The summed E-state index contributed by atoms with van der Waals surface area (Å²) >= 11 is 0. The average molecular weight is 851 g/mol. The largest absolute Gasteiger partial charge is 0.512 e. The van der Waals surface area contributed by atoms with Crippen LogP contribution >= 0.6 is 0 Å². The summed E-state index contributed by atoms with van der Waals surface area (Å²) in [7, 11) is 0. The molecular formula is C45H56IrNO3-. The van der Waals surface area contributed by atoms with Crippen molar-refractivity contribution in [2.45, 2.75) is 113 Å². The Hall–Kier alpha value is -3.27. The fraction of sp³-hybridized carbons (Fsp3) is 0.467. The van der Waals surface area contributed by atoms with Crippen LogP contribution in [0.25, 0.3) is 44.0 Å². The molecule has 5 heteroatoms. The number of fused-ring (bicyclic) bond motifs is 4. The van der Waals surface area contributed by atoms with Gasteiger partial charge in [0.2, 0.25) is 0 Å². The fourth-order valence-corrected chi connectivity index (χ4v) is 7.83. The molecule has 1 N–H and O–H groups in total. The van der Waals surface area contributed by atoms with Crippen LogP contribution in [0.3, 0.4) is 0 Å². The van der Waals surface area contributed by atoms with Crippen LogP contribution in [0.1, 0.15) is 117 Å². The molecule has 269 valence electrons. The molecule has 1 aliphatic rings. The number of furan rings is 1. The van der Waals surface area contributed by atoms with E-state index in [2.05, 4.69) is 90.1 Å². The molecule has 4 nitrogen and oxygen atoms in total. The minimum Gasteiger partial charge on any atom is -0.512 e. The van der Waals surface area contributed by atoms with Crippen molar-refractivity contribution in [1.29, 1.82) is 0 Å². The fourth-order valence-electron chi connectivity index (χ4n) is 7.83. The van der Waals surface area contributed by atoms with Gasteiger partial charge in [0.1, 0.15) is 11.2 Å². The minimum atomic E-state index is -0.225. The van der Waals surface area contributed by atoms with Gasteiger partial charge in [-0.3, -0.25) is 4.79 Å². The number of carbonyl (C=O) groups excluding carboxylic acids is 1. The molecule has 0 saturated carbocycles. The molecule has 2 heterocycles. The van der Waals surface area contributed by atoms with Crippen molar-refractivity contribution in [1.82, 2.24) is 4.98 Å². The number of carbonyl (C=O) groups is 1. The molecule has 0 unspecified atom stereocenters. The number of rotatable bonds is 11. The summed E-state index contributed by atoms with van der Waals surface area (Å²) < 4.78 is 6.82. The van der Waals surface area contributed by atoms with E-state index in [1.165, 1.54) is 49.9 Å². The topological polar surface area (TPSA) is 63.3 Å². The first-order valence-electron chi connectivity index (χ1n) is 18.6. The third kappa shape index (κ3) is 7.51. The predicted octanol–water partition coefficient (Wildman–Crippen LogP) is 12.5. The number of ketones is 1. The van der Waals surface area contributed by atoms with Crippen molar-refractivity contribution >= 4 is 38.5 Å². The van der Waals surface area contributed by atoms with E-state index in [4.69, 9.17) is 9.40 Å². The first-order chi connectivity index (χ1) is 23.4. The van der Waals surface area contributed by atoms with Crippen molar-refractivity contribution in [3.05, 3.63) is 88.8 Å². The molecule has 0 atom stereocenters. The molecule has 0 fully saturated rings. The molecule has 5 aromatic rings. The van der Waals surface area contributed by atoms with Crippen molar-refractivity contribution < 1.29 is 34.4 Å². The zero-order valence-corrected chi connectivity index (χ0v) is 34.2. The van der Waals surface area contributed by atoms with Gasteiger partial charge >= 0.3 is 0 Å². The van der Waals surface area contributed by atoms with Gasteiger partial charge in [0.15, 0.2) is 5.78 Å². The molecular weight excluding hydrogens is 795 g/mol. The van der Waals surface area contributed by atoms with Crippen LogP contribution in [-0.4, -0.2) is 15.9 Å². The van der Waals surface area contributed by atoms with Gasteiger partial charge in [0, 0.05) is 66.2 Å². The second kappa shape index (κ2) is 16.4. The minimum absolute atomic E-state index is 0. The van der Waals surface area contributed by atoms with Crippen LogP contribution in [0.15, 0.2) is 64.9 Å². The summed E-state index contributed by atoms with van der Waals surface area (Å²) in [5.74, 6) is 1.64. The van der Waals surface area contributed by atoms with E-state index in [0.717, 1.165) is 60.9 Å². The number of hydrogen-bond acceptors (Lipinski definition) is 4. The first-order valence-corrected chi connectivity index (χ1v) is 18.6. The van der Waals surface area contributed by atoms with Crippen LogP contribution in [0.5, 0.6) is 0 Å². The Morgan fingerprint density at radius 3 is 2.08 bits per heavy atom. The standard InChI is InChI=1S/C32H32NO.C13H24O2.Ir/c1-18(2)15-21-12-14-25-26-27-29(33-17-22(16-19(3)4)31(27)34-30(21)26)24-13-11-20-9-7-8-10-23(20)28(24)32(25,5)6;1-5-10(6-2)12(14)9-13(15)11(7-3)8-4;/h7-12,14,17-19H,15-16H2,1-6H3;9-11,14H,5-8H2,1-4H3;/q-1;;/b;12-9-;. The molecule has 0 saturated heterocycles. The molecule has 0 spiro atoms. The number of pyridine rings is 1. The van der Waals surface area contributed by atoms with Crippen LogP contribution in [-0.2, 0) is 43.2 Å². The van der Waals surface area contributed by atoms with Crippen molar-refractivity contribution in [2.75, 3.05) is 0 Å². The number of aromatic nitrogens is 1. The number of aliphatic hydroxyl groups is 1. The predicted molar refractivity (Wildman–Crippen MR) is 206 cm³/mol. The average Bonchev–Trinajstić information content (AvgIpc) is 3.43. The summed E-state index contributed by atoms with van der Waals surface area (Å²) in [6.07, 6.45) is 8.91. The van der Waals surface area contributed by atoms with Crippen LogP contribution in [0.2, 0.25) is 0 Å². The van der Waals surface area contributed by atoms with Gasteiger partial charge in [-0.1, -0.05) is 116 Å². The Balaban J connectivity index is 0.000000301. The zero-order chi connectivity index (χ0) is 35.6. The first kappa shape index (κ1) is 39.5. The molecule has 1 radical (unpaired) electrons. The summed E-state index contributed by atoms with van der Waals surface area (Å²) in [5, 5.41) is 14.7. The second-order valence-corrected chi connectivity index (χ2v) is 15.4. The number of benzene rings is 3. The quantitative estimate of drug-likeness (QED) is 0.0817. The maximum Gasteiger partial charge on any atom is 0.162 e. The van der Waals surface area contributed by atoms with E-state index in [9.17, 15) is 9.90 Å². The van der Waals surface area contributed by atoms with Gasteiger partial charge in [-0.25, -0.2) is 0 Å². The van der Waals surface area contributed by atoms with Gasteiger partial charge in [0.25, 0.3) is 0 Å². The molecule has 6 rings (SSSR count). The molecule has 0 aliphatic heterocycles. The Morgan fingerprint density at radius 1 is 0.860 bits per heavy atom. The SMILES string of the molecule is CC(C)Cc1ccc2c3c1oc1c(CC(C)C)cnc(c13)-c1[c-]cc3ccccc3c1C2(C)C.CCC(CC)C(=O)/C=C(\O)C(CC)CC.[Ir]. The second-order valence-electron chi connectivity index (χ2n) is 15.4. The smallest absolute Gasteiger partial charge is 0.162 e. The molecule has 1 aliphatic carbocycles. The van der Waals surface area contributed by atoms with Gasteiger partial charge in [-0.15, -0.1) is 23.3 Å². The van der Waals surface area contributed by atoms with E-state index in [0.29, 0.717) is 11.8 Å². The monoisotopic (exact) mass is 851 g/mol. The Morgan fingerprint density at radius 2 is 1.46 bits per heavy atom. The number of allylic oxidation sites excluding steroid dienone is 2. The van der Waals surface area contributed by atoms with E-state index < -0.39 is 0 Å². The van der Waals surface area contributed by atoms with Crippen molar-refractivity contribution in [2.24, 2.45) is 23.7 Å². The van der Waals surface area contributed by atoms with Crippen molar-refractivity contribution in [3.8, 4) is 11.3 Å². The summed E-state index contributed by atoms with van der Waals surface area (Å²) in [6.45, 7) is 21.8. The third-order valence-corrected chi connectivity index (χ3v) is 10.5. The summed E-state index contributed by atoms with van der Waals surface area (Å²) in [4.78, 5) is 16.8. The normalized spacial score (nSPS) is 13.7. The maximum atomic E-state index is 11.7. The van der Waals surface area contributed by atoms with Crippen LogP contribution in [0, 0.1) is 29.7 Å². The van der Waals surface area contributed by atoms with E-state index in [-0.39, 0.29) is 48.9 Å². The van der Waals surface area contributed by atoms with Gasteiger partial charge in [-0.05, 0) is 66.9 Å². The number of nitrogens with zero attached hydrogens (tertiary/aromatic N) is 1. The van der Waals surface area contributed by atoms with E-state index in [1.54, 1.807) is 0 Å². The third-order valence-electron chi connectivity index (χ3n) is 10.5. The van der Waals surface area contributed by atoms with Gasteiger partial charge in [0.05, 0.1) is 5.76 Å². The maximum absolute atomic E-state index is 11.7. The summed E-state index contributed by atoms with van der Waals surface area (Å²) in [5.41, 5.74) is 9.08. The number of hydrogen-bond donors (Lipinski definition) is 1. The molecule has 50 heavy (non-hydrogen) atoms. The van der Waals surface area contributed by atoms with Crippen LogP contribution < -0.4 is 0 Å². The molecule has 3 aromatic carbocycles. The van der Waals surface area contributed by atoms with Gasteiger partial charge in [-0.2, -0.15) is 0 Å². The zero-order valence-electron chi connectivity index (χ0n) is 31.8. The summed E-state index contributed by atoms with van der Waals surface area (Å²) in [6, 6.07) is 19.1. The van der Waals surface area contributed by atoms with E-state index in [1.807, 2.05) is 33.9 Å². The Labute approximate surface area is 313 Å².